The highest BCUT2D eigenvalue weighted by Gasteiger charge is 2.23. The molecule has 1 saturated heterocycles. The Kier molecular flexibility index (Phi) is 4.31. The third kappa shape index (κ3) is 2.83. The maximum absolute atomic E-state index is 9.31. The lowest BCUT2D eigenvalue weighted by Gasteiger charge is -2.30. The Labute approximate surface area is 115 Å². The van der Waals surface area contributed by atoms with Crippen LogP contribution >= 0.6 is 0 Å². The third-order valence-corrected chi connectivity index (χ3v) is 3.89. The Bertz CT molecular complexity index is 463. The molecule has 1 aromatic rings. The highest BCUT2D eigenvalue weighted by Crippen LogP contribution is 2.28. The Morgan fingerprint density at radius 1 is 1.42 bits per heavy atom. The number of unbranched alkanes of at least 4 members (excludes halogenated alkanes) is 1. The van der Waals surface area contributed by atoms with Crippen LogP contribution in [0.5, 0.6) is 0 Å². The number of rotatable bonds is 4. The molecule has 19 heavy (non-hydrogen) atoms. The fourth-order valence-electron chi connectivity index (χ4n) is 2.49. The van der Waals surface area contributed by atoms with Crippen molar-refractivity contribution in [1.82, 2.24) is 9.78 Å². The summed E-state index contributed by atoms with van der Waals surface area (Å²) in [6, 6.07) is 2.22. The fourth-order valence-corrected chi connectivity index (χ4v) is 2.49. The second kappa shape index (κ2) is 5.96. The lowest BCUT2D eigenvalue weighted by atomic mass is 9.99. The van der Waals surface area contributed by atoms with Gasteiger partial charge in [-0.15, -0.1) is 0 Å². The molecule has 0 saturated carbocycles. The Morgan fingerprint density at radius 3 is 2.68 bits per heavy atom. The van der Waals surface area contributed by atoms with Crippen LogP contribution in [0, 0.1) is 17.2 Å². The maximum atomic E-state index is 9.31. The Balaban J connectivity index is 2.22. The van der Waals surface area contributed by atoms with Crippen molar-refractivity contribution in [3.05, 3.63) is 5.56 Å². The molecular formula is C14H23N5. The van der Waals surface area contributed by atoms with Crippen LogP contribution in [0.15, 0.2) is 0 Å². The Hall–Kier alpha value is -1.70. The lowest BCUT2D eigenvalue weighted by molar-refractivity contribution is 0.435. The van der Waals surface area contributed by atoms with E-state index in [0.717, 1.165) is 57.1 Å². The van der Waals surface area contributed by atoms with E-state index >= 15 is 0 Å². The fraction of sp³-hybridized carbons (Fsp3) is 0.714. The van der Waals surface area contributed by atoms with Gasteiger partial charge in [0, 0.05) is 19.6 Å². The van der Waals surface area contributed by atoms with Crippen LogP contribution in [0.1, 0.15) is 45.1 Å². The van der Waals surface area contributed by atoms with Crippen LogP contribution in [0.3, 0.4) is 0 Å². The average molecular weight is 261 g/mol. The van der Waals surface area contributed by atoms with Gasteiger partial charge >= 0.3 is 0 Å². The molecule has 0 radical (unpaired) electrons. The van der Waals surface area contributed by atoms with Crippen molar-refractivity contribution in [2.24, 2.45) is 5.92 Å². The molecule has 0 amide bonds. The van der Waals surface area contributed by atoms with Gasteiger partial charge in [-0.1, -0.05) is 20.3 Å². The van der Waals surface area contributed by atoms with Gasteiger partial charge in [0.25, 0.3) is 0 Å². The zero-order valence-electron chi connectivity index (χ0n) is 11.9. The summed E-state index contributed by atoms with van der Waals surface area (Å²) in [6.07, 6.45) is 4.45. The topological polar surface area (TPSA) is 70.9 Å². The summed E-state index contributed by atoms with van der Waals surface area (Å²) in [6.45, 7) is 7.15. The smallest absolute Gasteiger partial charge is 0.170 e. The molecule has 1 aromatic heterocycles. The van der Waals surface area contributed by atoms with Crippen molar-refractivity contribution in [3.8, 4) is 6.07 Å². The van der Waals surface area contributed by atoms with Crippen LogP contribution in [0.25, 0.3) is 0 Å². The number of aromatic nitrogens is 2. The van der Waals surface area contributed by atoms with Gasteiger partial charge in [-0.2, -0.15) is 10.4 Å². The second-order valence-corrected chi connectivity index (χ2v) is 5.44. The second-order valence-electron chi connectivity index (χ2n) is 5.44. The number of nitrogens with zero attached hydrogens (tertiary/aromatic N) is 4. The minimum atomic E-state index is 0.518. The van der Waals surface area contributed by atoms with Crippen LogP contribution in [-0.2, 0) is 6.54 Å². The zero-order valence-corrected chi connectivity index (χ0v) is 11.9. The molecule has 1 aliphatic heterocycles. The predicted molar refractivity (Wildman–Crippen MR) is 76.9 cm³/mol. The summed E-state index contributed by atoms with van der Waals surface area (Å²) >= 11 is 0. The highest BCUT2D eigenvalue weighted by atomic mass is 15.4. The van der Waals surface area contributed by atoms with Crippen molar-refractivity contribution in [1.29, 1.82) is 5.26 Å². The number of nitrogen functional groups attached to an aromatic ring is 1. The number of piperidine rings is 1. The molecule has 1 fully saturated rings. The van der Waals surface area contributed by atoms with E-state index < -0.39 is 0 Å². The number of nitrogens with two attached hydrogens (primary N) is 1. The molecular weight excluding hydrogens is 238 g/mol. The minimum absolute atomic E-state index is 0.518. The van der Waals surface area contributed by atoms with E-state index in [9.17, 15) is 5.26 Å². The van der Waals surface area contributed by atoms with Crippen molar-refractivity contribution in [2.75, 3.05) is 23.7 Å². The van der Waals surface area contributed by atoms with Crippen molar-refractivity contribution < 1.29 is 0 Å². The molecule has 2 rings (SSSR count). The first kappa shape index (κ1) is 13.7. The van der Waals surface area contributed by atoms with Gasteiger partial charge < -0.3 is 10.6 Å². The number of anilines is 2. The van der Waals surface area contributed by atoms with E-state index in [1.165, 1.54) is 0 Å². The van der Waals surface area contributed by atoms with Crippen LogP contribution in [-0.4, -0.2) is 22.9 Å². The normalized spacial score (nSPS) is 16.6. The molecule has 0 aromatic carbocycles. The third-order valence-electron chi connectivity index (χ3n) is 3.89. The summed E-state index contributed by atoms with van der Waals surface area (Å²) < 4.78 is 1.79. The molecule has 0 bridgehead atoms. The molecule has 0 aliphatic carbocycles. The monoisotopic (exact) mass is 261 g/mol. The van der Waals surface area contributed by atoms with Gasteiger partial charge in [0.05, 0.1) is 0 Å². The quantitative estimate of drug-likeness (QED) is 0.903. The molecule has 2 heterocycles. The standard InChI is InChI=1S/C14H23N5/c1-3-4-7-19-13(16)12(10-15)14(17-19)18-8-5-11(2)6-9-18/h11H,3-9,16H2,1-2H3. The molecule has 1 aliphatic rings. The van der Waals surface area contributed by atoms with E-state index in [1.807, 2.05) is 0 Å². The van der Waals surface area contributed by atoms with Crippen molar-refractivity contribution in [2.45, 2.75) is 46.1 Å². The highest BCUT2D eigenvalue weighted by molar-refractivity contribution is 5.65. The van der Waals surface area contributed by atoms with Crippen LogP contribution in [0.2, 0.25) is 0 Å². The van der Waals surface area contributed by atoms with Crippen molar-refractivity contribution in [3.63, 3.8) is 0 Å². The molecule has 5 heteroatoms. The van der Waals surface area contributed by atoms with Gasteiger partial charge in [0.2, 0.25) is 0 Å². The summed E-state index contributed by atoms with van der Waals surface area (Å²) in [5, 5.41) is 13.9. The number of hydrogen-bond acceptors (Lipinski definition) is 4. The van der Waals surface area contributed by atoms with E-state index in [1.54, 1.807) is 4.68 Å². The van der Waals surface area contributed by atoms with Gasteiger partial charge in [0.1, 0.15) is 17.5 Å². The maximum Gasteiger partial charge on any atom is 0.170 e. The van der Waals surface area contributed by atoms with Gasteiger partial charge in [0.15, 0.2) is 5.82 Å². The van der Waals surface area contributed by atoms with Gasteiger partial charge in [-0.3, -0.25) is 0 Å². The Morgan fingerprint density at radius 2 is 2.11 bits per heavy atom. The summed E-state index contributed by atoms with van der Waals surface area (Å²) in [5.74, 6) is 2.06. The van der Waals surface area contributed by atoms with Crippen LogP contribution < -0.4 is 10.6 Å². The molecule has 104 valence electrons. The van der Waals surface area contributed by atoms with Gasteiger partial charge in [-0.05, 0) is 25.2 Å². The molecule has 0 atom stereocenters. The zero-order chi connectivity index (χ0) is 13.8. The first-order valence-electron chi connectivity index (χ1n) is 7.18. The molecule has 0 spiro atoms. The van der Waals surface area contributed by atoms with Gasteiger partial charge in [-0.25, -0.2) is 4.68 Å². The summed E-state index contributed by atoms with van der Waals surface area (Å²) in [7, 11) is 0. The van der Waals surface area contributed by atoms with E-state index in [2.05, 4.69) is 29.9 Å². The molecule has 2 N–H and O–H groups in total. The molecule has 5 nitrogen and oxygen atoms in total. The number of hydrogen-bond donors (Lipinski definition) is 1. The first-order valence-corrected chi connectivity index (χ1v) is 7.18. The number of nitriles is 1. The van der Waals surface area contributed by atoms with E-state index in [4.69, 9.17) is 5.73 Å². The van der Waals surface area contributed by atoms with Crippen LogP contribution in [0.4, 0.5) is 11.6 Å². The molecule has 0 unspecified atom stereocenters. The van der Waals surface area contributed by atoms with E-state index in [0.29, 0.717) is 11.4 Å². The first-order chi connectivity index (χ1) is 9.17. The average Bonchev–Trinajstić information content (AvgIpc) is 2.73. The summed E-state index contributed by atoms with van der Waals surface area (Å²) in [4.78, 5) is 2.21. The van der Waals surface area contributed by atoms with Crippen molar-refractivity contribution >= 4 is 11.6 Å². The largest absolute Gasteiger partial charge is 0.383 e. The van der Waals surface area contributed by atoms with E-state index in [-0.39, 0.29) is 0 Å². The summed E-state index contributed by atoms with van der Waals surface area (Å²) in [5.41, 5.74) is 6.59. The SMILES string of the molecule is CCCCn1nc(N2CCC(C)CC2)c(C#N)c1N. The predicted octanol–water partition coefficient (Wildman–Crippen LogP) is 2.37. The lowest BCUT2D eigenvalue weighted by Crippen LogP contribution is -2.33. The number of aryl methyl sites for hydroxylation is 1. The minimum Gasteiger partial charge on any atom is -0.383 e.